The lowest BCUT2D eigenvalue weighted by molar-refractivity contribution is 0.0383. The van der Waals surface area contributed by atoms with Crippen LogP contribution in [0.4, 0.5) is 4.39 Å². The second-order valence-corrected chi connectivity index (χ2v) is 4.55. The fraction of sp³-hybridized carbons (Fsp3) is 0.500. The number of halogens is 1. The Hall–Kier alpha value is -1.66. The van der Waals surface area contributed by atoms with E-state index in [2.05, 4.69) is 10.2 Å². The molecule has 6 heteroatoms. The molecular formula is C14H19FN2O3. The van der Waals surface area contributed by atoms with Crippen LogP contribution in [0.2, 0.25) is 0 Å². The molecule has 5 nitrogen and oxygen atoms in total. The minimum atomic E-state index is -0.455. The van der Waals surface area contributed by atoms with Crippen molar-refractivity contribution < 1.29 is 18.7 Å². The number of morpholine rings is 1. The van der Waals surface area contributed by atoms with Gasteiger partial charge in [0.15, 0.2) is 0 Å². The minimum Gasteiger partial charge on any atom is -0.496 e. The SMILES string of the molecule is COc1ccc(F)cc1C(=O)NCCN1CCOCC1. The maximum absolute atomic E-state index is 13.2. The van der Waals surface area contributed by atoms with Gasteiger partial charge >= 0.3 is 0 Å². The zero-order valence-corrected chi connectivity index (χ0v) is 11.5. The van der Waals surface area contributed by atoms with Crippen LogP contribution in [0.1, 0.15) is 10.4 Å². The largest absolute Gasteiger partial charge is 0.496 e. The number of nitrogens with one attached hydrogen (secondary N) is 1. The second-order valence-electron chi connectivity index (χ2n) is 4.55. The first kappa shape index (κ1) is 14.7. The predicted octanol–water partition coefficient (Wildman–Crippen LogP) is 0.896. The molecule has 2 rings (SSSR count). The highest BCUT2D eigenvalue weighted by molar-refractivity contribution is 5.96. The van der Waals surface area contributed by atoms with Crippen molar-refractivity contribution in [2.24, 2.45) is 0 Å². The van der Waals surface area contributed by atoms with Gasteiger partial charge in [-0.2, -0.15) is 0 Å². The number of benzene rings is 1. The summed E-state index contributed by atoms with van der Waals surface area (Å²) in [6.07, 6.45) is 0. The molecular weight excluding hydrogens is 263 g/mol. The van der Waals surface area contributed by atoms with Crippen LogP contribution in [0.15, 0.2) is 18.2 Å². The van der Waals surface area contributed by atoms with Crippen LogP contribution in [0.25, 0.3) is 0 Å². The first-order valence-electron chi connectivity index (χ1n) is 6.62. The lowest BCUT2D eigenvalue weighted by atomic mass is 10.2. The quantitative estimate of drug-likeness (QED) is 0.871. The molecule has 0 aliphatic carbocycles. The standard InChI is InChI=1S/C14H19FN2O3/c1-19-13-3-2-11(15)10-12(13)14(18)16-4-5-17-6-8-20-9-7-17/h2-3,10H,4-9H2,1H3,(H,16,18). The predicted molar refractivity (Wildman–Crippen MR) is 72.5 cm³/mol. The first-order chi connectivity index (χ1) is 9.70. The molecule has 0 saturated carbocycles. The van der Waals surface area contributed by atoms with Gasteiger partial charge in [-0.25, -0.2) is 4.39 Å². The molecule has 0 spiro atoms. The van der Waals surface area contributed by atoms with Crippen molar-refractivity contribution in [1.82, 2.24) is 10.2 Å². The molecule has 1 aliphatic rings. The monoisotopic (exact) mass is 282 g/mol. The Kier molecular flexibility index (Phi) is 5.31. The lowest BCUT2D eigenvalue weighted by Crippen LogP contribution is -2.41. The van der Waals surface area contributed by atoms with E-state index < -0.39 is 5.82 Å². The molecule has 110 valence electrons. The lowest BCUT2D eigenvalue weighted by Gasteiger charge is -2.26. The Labute approximate surface area is 117 Å². The number of hydrogen-bond acceptors (Lipinski definition) is 4. The van der Waals surface area contributed by atoms with Crippen molar-refractivity contribution in [3.63, 3.8) is 0 Å². The Morgan fingerprint density at radius 1 is 1.45 bits per heavy atom. The average molecular weight is 282 g/mol. The van der Waals surface area contributed by atoms with E-state index in [-0.39, 0.29) is 11.5 Å². The zero-order valence-electron chi connectivity index (χ0n) is 11.5. The first-order valence-corrected chi connectivity index (χ1v) is 6.62. The van der Waals surface area contributed by atoms with E-state index in [0.717, 1.165) is 32.8 Å². The molecule has 1 aliphatic heterocycles. The van der Waals surface area contributed by atoms with Crippen LogP contribution in [0, 0.1) is 5.82 Å². The minimum absolute atomic E-state index is 0.217. The summed E-state index contributed by atoms with van der Waals surface area (Å²) in [4.78, 5) is 14.2. The summed E-state index contributed by atoms with van der Waals surface area (Å²) in [5.41, 5.74) is 0.217. The van der Waals surface area contributed by atoms with E-state index in [0.29, 0.717) is 12.3 Å². The van der Waals surface area contributed by atoms with Gasteiger partial charge in [0.05, 0.1) is 25.9 Å². The van der Waals surface area contributed by atoms with Gasteiger partial charge in [-0.3, -0.25) is 9.69 Å². The molecule has 1 amide bonds. The summed E-state index contributed by atoms with van der Waals surface area (Å²) in [5, 5.41) is 2.78. The van der Waals surface area contributed by atoms with Gasteiger partial charge in [-0.05, 0) is 18.2 Å². The highest BCUT2D eigenvalue weighted by Gasteiger charge is 2.14. The van der Waals surface area contributed by atoms with E-state index in [9.17, 15) is 9.18 Å². The van der Waals surface area contributed by atoms with Crippen LogP contribution in [-0.4, -0.2) is 57.3 Å². The van der Waals surface area contributed by atoms with Crippen LogP contribution in [0.5, 0.6) is 5.75 Å². The van der Waals surface area contributed by atoms with Crippen molar-refractivity contribution in [3.8, 4) is 5.75 Å². The Balaban J connectivity index is 1.86. The van der Waals surface area contributed by atoms with Crippen LogP contribution >= 0.6 is 0 Å². The summed E-state index contributed by atoms with van der Waals surface area (Å²) < 4.78 is 23.5. The molecule has 0 atom stereocenters. The Morgan fingerprint density at radius 3 is 2.90 bits per heavy atom. The molecule has 0 radical (unpaired) electrons. The highest BCUT2D eigenvalue weighted by Crippen LogP contribution is 2.18. The molecule has 1 saturated heterocycles. The van der Waals surface area contributed by atoms with Gasteiger partial charge < -0.3 is 14.8 Å². The van der Waals surface area contributed by atoms with E-state index in [1.807, 2.05) is 0 Å². The number of nitrogens with zero attached hydrogens (tertiary/aromatic N) is 1. The smallest absolute Gasteiger partial charge is 0.255 e. The summed E-state index contributed by atoms with van der Waals surface area (Å²) in [6.45, 7) is 4.47. The van der Waals surface area contributed by atoms with Gasteiger partial charge in [-0.1, -0.05) is 0 Å². The molecule has 1 N–H and O–H groups in total. The zero-order chi connectivity index (χ0) is 14.4. The van der Waals surface area contributed by atoms with E-state index in [1.165, 1.54) is 25.3 Å². The number of carbonyl (C=O) groups is 1. The van der Waals surface area contributed by atoms with Crippen molar-refractivity contribution in [2.75, 3.05) is 46.5 Å². The third-order valence-corrected chi connectivity index (χ3v) is 3.22. The maximum atomic E-state index is 13.2. The number of carbonyl (C=O) groups excluding carboxylic acids is 1. The van der Waals surface area contributed by atoms with E-state index in [4.69, 9.17) is 9.47 Å². The van der Waals surface area contributed by atoms with Gasteiger partial charge in [0.2, 0.25) is 0 Å². The fourth-order valence-corrected chi connectivity index (χ4v) is 2.11. The highest BCUT2D eigenvalue weighted by atomic mass is 19.1. The molecule has 0 bridgehead atoms. The molecule has 0 aromatic heterocycles. The number of hydrogen-bond donors (Lipinski definition) is 1. The van der Waals surface area contributed by atoms with E-state index in [1.54, 1.807) is 0 Å². The average Bonchev–Trinajstić information content (AvgIpc) is 2.48. The molecule has 1 aromatic carbocycles. The number of rotatable bonds is 5. The summed E-state index contributed by atoms with van der Waals surface area (Å²) in [5.74, 6) is -0.408. The molecule has 1 fully saturated rings. The van der Waals surface area contributed by atoms with Gasteiger partial charge in [0, 0.05) is 26.2 Å². The fourth-order valence-electron chi connectivity index (χ4n) is 2.11. The van der Waals surface area contributed by atoms with Gasteiger partial charge in [0.1, 0.15) is 11.6 Å². The second kappa shape index (κ2) is 7.21. The molecule has 1 aromatic rings. The summed E-state index contributed by atoms with van der Waals surface area (Å²) >= 11 is 0. The third-order valence-electron chi connectivity index (χ3n) is 3.22. The normalized spacial score (nSPS) is 15.9. The molecule has 20 heavy (non-hydrogen) atoms. The Morgan fingerprint density at radius 2 is 2.20 bits per heavy atom. The van der Waals surface area contributed by atoms with E-state index >= 15 is 0 Å². The number of methoxy groups -OCH3 is 1. The van der Waals surface area contributed by atoms with Gasteiger partial charge in [0.25, 0.3) is 5.91 Å². The summed E-state index contributed by atoms with van der Waals surface area (Å²) in [6, 6.07) is 3.90. The Bertz CT molecular complexity index is 462. The molecule has 0 unspecified atom stereocenters. The van der Waals surface area contributed by atoms with Crippen molar-refractivity contribution >= 4 is 5.91 Å². The number of ether oxygens (including phenoxy) is 2. The number of amides is 1. The van der Waals surface area contributed by atoms with Crippen LogP contribution in [0.3, 0.4) is 0 Å². The van der Waals surface area contributed by atoms with Crippen molar-refractivity contribution in [2.45, 2.75) is 0 Å². The van der Waals surface area contributed by atoms with Crippen molar-refractivity contribution in [1.29, 1.82) is 0 Å². The van der Waals surface area contributed by atoms with Gasteiger partial charge in [-0.15, -0.1) is 0 Å². The third kappa shape index (κ3) is 3.91. The van der Waals surface area contributed by atoms with Crippen LogP contribution < -0.4 is 10.1 Å². The van der Waals surface area contributed by atoms with Crippen molar-refractivity contribution in [3.05, 3.63) is 29.6 Å². The summed E-state index contributed by atoms with van der Waals surface area (Å²) in [7, 11) is 1.46. The van der Waals surface area contributed by atoms with Crippen LogP contribution in [-0.2, 0) is 4.74 Å². The topological polar surface area (TPSA) is 50.8 Å². The maximum Gasteiger partial charge on any atom is 0.255 e. The molecule has 1 heterocycles.